The molecule has 0 unspecified atom stereocenters. The molecule has 2 aromatic rings. The smallest absolute Gasteiger partial charge is 0.308 e. The molecule has 6 nitrogen and oxygen atoms in total. The quantitative estimate of drug-likeness (QED) is 0.780. The van der Waals surface area contributed by atoms with Gasteiger partial charge in [0.2, 0.25) is 5.91 Å². The number of nitriles is 1. The predicted octanol–water partition coefficient (Wildman–Crippen LogP) is 1.55. The molecular weight excluding hydrogens is 336 g/mol. The fourth-order valence-electron chi connectivity index (χ4n) is 3.11. The van der Waals surface area contributed by atoms with Crippen molar-refractivity contribution in [1.82, 2.24) is 14.4 Å². The number of carbonyl (C=O) groups excluding carboxylic acids is 1. The van der Waals surface area contributed by atoms with Crippen molar-refractivity contribution in [3.63, 3.8) is 0 Å². The molecule has 0 radical (unpaired) electrons. The lowest BCUT2D eigenvalue weighted by molar-refractivity contribution is -0.133. The number of piperazine rings is 1. The van der Waals surface area contributed by atoms with E-state index >= 15 is 0 Å². The number of hydrogen-bond donors (Lipinski definition) is 0. The van der Waals surface area contributed by atoms with Crippen molar-refractivity contribution in [3.05, 3.63) is 44.9 Å². The summed E-state index contributed by atoms with van der Waals surface area (Å²) in [5.41, 5.74) is 1.78. The van der Waals surface area contributed by atoms with E-state index in [0.717, 1.165) is 16.1 Å². The molecule has 0 bridgehead atoms. The summed E-state index contributed by atoms with van der Waals surface area (Å²) in [5, 5.41) is 8.75. The molecule has 3 rings (SSSR count). The number of aryl methyl sites for hydroxylation is 1. The van der Waals surface area contributed by atoms with E-state index in [9.17, 15) is 9.59 Å². The van der Waals surface area contributed by atoms with Gasteiger partial charge in [0.1, 0.15) is 6.54 Å². The monoisotopic (exact) mass is 356 g/mol. The predicted molar refractivity (Wildman–Crippen MR) is 97.4 cm³/mol. The topological polar surface area (TPSA) is 69.3 Å². The van der Waals surface area contributed by atoms with Crippen molar-refractivity contribution in [1.29, 1.82) is 5.26 Å². The van der Waals surface area contributed by atoms with Crippen molar-refractivity contribution < 1.29 is 4.79 Å². The molecule has 0 atom stereocenters. The average Bonchev–Trinajstić information content (AvgIpc) is 2.90. The second-order valence-corrected chi connectivity index (χ2v) is 7.21. The van der Waals surface area contributed by atoms with Crippen LogP contribution in [0.5, 0.6) is 0 Å². The molecule has 1 aromatic heterocycles. The van der Waals surface area contributed by atoms with E-state index in [0.29, 0.717) is 32.7 Å². The zero-order valence-corrected chi connectivity index (χ0v) is 15.0. The number of aromatic nitrogens is 1. The molecule has 1 aromatic carbocycles. The van der Waals surface area contributed by atoms with Crippen LogP contribution in [0.15, 0.2) is 35.1 Å². The molecule has 0 saturated carbocycles. The third-order valence-corrected chi connectivity index (χ3v) is 5.32. The Hall–Kier alpha value is -2.43. The number of amides is 1. The first-order valence-corrected chi connectivity index (χ1v) is 9.04. The van der Waals surface area contributed by atoms with Gasteiger partial charge in [-0.25, -0.2) is 0 Å². The highest BCUT2D eigenvalue weighted by atomic mass is 32.1. The summed E-state index contributed by atoms with van der Waals surface area (Å²) in [6, 6.07) is 11.8. The van der Waals surface area contributed by atoms with Gasteiger partial charge in [-0.3, -0.25) is 19.1 Å². The van der Waals surface area contributed by atoms with Crippen LogP contribution >= 0.6 is 11.3 Å². The summed E-state index contributed by atoms with van der Waals surface area (Å²) in [5.74, 6) is -0.0475. The number of hydrogen-bond acceptors (Lipinski definition) is 5. The van der Waals surface area contributed by atoms with E-state index in [-0.39, 0.29) is 17.3 Å². The van der Waals surface area contributed by atoms with Gasteiger partial charge in [-0.15, -0.1) is 0 Å². The van der Waals surface area contributed by atoms with Gasteiger partial charge in [0, 0.05) is 31.1 Å². The number of nitrogens with zero attached hydrogens (tertiary/aromatic N) is 4. The van der Waals surface area contributed by atoms with Gasteiger partial charge in [-0.2, -0.15) is 5.26 Å². The van der Waals surface area contributed by atoms with Gasteiger partial charge >= 0.3 is 4.87 Å². The first-order valence-electron chi connectivity index (χ1n) is 8.23. The molecule has 130 valence electrons. The van der Waals surface area contributed by atoms with Crippen molar-refractivity contribution in [3.8, 4) is 17.3 Å². The molecule has 1 saturated heterocycles. The summed E-state index contributed by atoms with van der Waals surface area (Å²) in [6.45, 7) is 4.95. The highest BCUT2D eigenvalue weighted by Crippen LogP contribution is 2.25. The van der Waals surface area contributed by atoms with Crippen LogP contribution in [0.3, 0.4) is 0 Å². The van der Waals surface area contributed by atoms with Gasteiger partial charge in [-0.05, 0) is 12.5 Å². The Labute approximate surface area is 150 Å². The lowest BCUT2D eigenvalue weighted by Gasteiger charge is -2.33. The van der Waals surface area contributed by atoms with Crippen LogP contribution in [0.4, 0.5) is 0 Å². The van der Waals surface area contributed by atoms with Crippen LogP contribution in [0, 0.1) is 18.3 Å². The Bertz CT molecular complexity index is 842. The van der Waals surface area contributed by atoms with E-state index in [1.165, 1.54) is 11.3 Å². The second kappa shape index (κ2) is 7.64. The maximum Gasteiger partial charge on any atom is 0.308 e. The summed E-state index contributed by atoms with van der Waals surface area (Å²) >= 11 is 1.18. The van der Waals surface area contributed by atoms with Gasteiger partial charge in [0.15, 0.2) is 0 Å². The lowest BCUT2D eigenvalue weighted by atomic mass is 10.1. The maximum absolute atomic E-state index is 12.7. The standard InChI is InChI=1S/C18H20N4O2S/c1-14-17(15-5-3-2-4-6-15)22(18(24)25-14)13-16(23)21-11-9-20(8-7-19)10-12-21/h2-6H,8-13H2,1H3. The highest BCUT2D eigenvalue weighted by Gasteiger charge is 2.23. The van der Waals surface area contributed by atoms with E-state index in [1.54, 1.807) is 9.47 Å². The van der Waals surface area contributed by atoms with Gasteiger partial charge in [0.05, 0.1) is 18.3 Å². The van der Waals surface area contributed by atoms with Crippen LogP contribution in [0.2, 0.25) is 0 Å². The third-order valence-electron chi connectivity index (χ3n) is 4.42. The first-order chi connectivity index (χ1) is 12.1. The van der Waals surface area contributed by atoms with E-state index in [4.69, 9.17) is 5.26 Å². The van der Waals surface area contributed by atoms with Crippen LogP contribution in [0.25, 0.3) is 11.3 Å². The third kappa shape index (κ3) is 3.81. The van der Waals surface area contributed by atoms with Crippen molar-refractivity contribution in [2.75, 3.05) is 32.7 Å². The van der Waals surface area contributed by atoms with E-state index in [2.05, 4.69) is 6.07 Å². The molecule has 7 heteroatoms. The summed E-state index contributed by atoms with van der Waals surface area (Å²) in [6.07, 6.45) is 0. The minimum Gasteiger partial charge on any atom is -0.339 e. The zero-order chi connectivity index (χ0) is 17.8. The molecule has 2 heterocycles. The summed E-state index contributed by atoms with van der Waals surface area (Å²) in [4.78, 5) is 29.6. The van der Waals surface area contributed by atoms with Gasteiger partial charge in [-0.1, -0.05) is 41.7 Å². The Balaban J connectivity index is 1.77. The molecule has 25 heavy (non-hydrogen) atoms. The second-order valence-electron chi connectivity index (χ2n) is 6.04. The highest BCUT2D eigenvalue weighted by molar-refractivity contribution is 7.09. The Morgan fingerprint density at radius 3 is 2.52 bits per heavy atom. The minimum atomic E-state index is -0.104. The minimum absolute atomic E-state index is 0.0475. The molecule has 0 N–H and O–H groups in total. The van der Waals surface area contributed by atoms with Crippen LogP contribution in [-0.2, 0) is 11.3 Å². The fraction of sp³-hybridized carbons (Fsp3) is 0.389. The maximum atomic E-state index is 12.7. The largest absolute Gasteiger partial charge is 0.339 e. The Kier molecular flexibility index (Phi) is 5.31. The molecule has 1 fully saturated rings. The zero-order valence-electron chi connectivity index (χ0n) is 14.1. The molecule has 1 aliphatic heterocycles. The van der Waals surface area contributed by atoms with E-state index in [1.807, 2.05) is 42.2 Å². The number of rotatable bonds is 4. The number of carbonyl (C=O) groups is 1. The Morgan fingerprint density at radius 2 is 1.88 bits per heavy atom. The van der Waals surface area contributed by atoms with Crippen LogP contribution < -0.4 is 4.87 Å². The molecule has 1 amide bonds. The lowest BCUT2D eigenvalue weighted by Crippen LogP contribution is -2.49. The molecular formula is C18H20N4O2S. The van der Waals surface area contributed by atoms with Gasteiger partial charge < -0.3 is 4.90 Å². The SMILES string of the molecule is Cc1sc(=O)n(CC(=O)N2CCN(CC#N)CC2)c1-c1ccccc1. The van der Waals surface area contributed by atoms with Crippen LogP contribution in [-0.4, -0.2) is 53.0 Å². The van der Waals surface area contributed by atoms with Gasteiger partial charge in [0.25, 0.3) is 0 Å². The Morgan fingerprint density at radius 1 is 1.20 bits per heavy atom. The average molecular weight is 356 g/mol. The summed E-state index contributed by atoms with van der Waals surface area (Å²) < 4.78 is 1.58. The normalized spacial score (nSPS) is 15.1. The number of thiazole rings is 1. The molecule has 1 aliphatic rings. The van der Waals surface area contributed by atoms with E-state index < -0.39 is 0 Å². The molecule has 0 spiro atoms. The van der Waals surface area contributed by atoms with Crippen molar-refractivity contribution in [2.24, 2.45) is 0 Å². The van der Waals surface area contributed by atoms with Crippen molar-refractivity contribution >= 4 is 17.2 Å². The van der Waals surface area contributed by atoms with Crippen molar-refractivity contribution in [2.45, 2.75) is 13.5 Å². The van der Waals surface area contributed by atoms with Crippen LogP contribution in [0.1, 0.15) is 4.88 Å². The summed E-state index contributed by atoms with van der Waals surface area (Å²) in [7, 11) is 0. The molecule has 0 aliphatic carbocycles. The fourth-order valence-corrected chi connectivity index (χ4v) is 3.96. The number of benzene rings is 1. The first kappa shape index (κ1) is 17.4.